The molecular weight excluding hydrogens is 252 g/mol. The molecule has 2 rings (SSSR count). The molecule has 0 radical (unpaired) electrons. The summed E-state index contributed by atoms with van der Waals surface area (Å²) in [5.41, 5.74) is 1.51. The van der Waals surface area contributed by atoms with Crippen molar-refractivity contribution >= 4 is 5.97 Å². The Kier molecular flexibility index (Phi) is 4.29. The predicted molar refractivity (Wildman–Crippen MR) is 79.1 cm³/mol. The smallest absolute Gasteiger partial charge is 0.302 e. The molecule has 3 nitrogen and oxygen atoms in total. The first-order valence-corrected chi connectivity index (χ1v) is 7.74. The zero-order valence-corrected chi connectivity index (χ0v) is 13.2. The number of aliphatic hydroxyl groups excluding tert-OH is 1. The first-order valence-electron chi connectivity index (χ1n) is 7.74. The average molecular weight is 280 g/mol. The lowest BCUT2D eigenvalue weighted by Gasteiger charge is -2.56. The van der Waals surface area contributed by atoms with Gasteiger partial charge in [-0.25, -0.2) is 0 Å². The van der Waals surface area contributed by atoms with Gasteiger partial charge in [0.05, 0.1) is 13.2 Å². The van der Waals surface area contributed by atoms with Gasteiger partial charge in [-0.2, -0.15) is 0 Å². The van der Waals surface area contributed by atoms with Gasteiger partial charge < -0.3 is 9.84 Å². The molecule has 0 aliphatic heterocycles. The Morgan fingerprint density at radius 1 is 1.40 bits per heavy atom. The quantitative estimate of drug-likeness (QED) is 0.637. The Labute approximate surface area is 122 Å². The van der Waals surface area contributed by atoms with Gasteiger partial charge in [-0.3, -0.25) is 4.79 Å². The minimum absolute atomic E-state index is 0.0780. The Balaban J connectivity index is 2.31. The molecule has 3 heteroatoms. The summed E-state index contributed by atoms with van der Waals surface area (Å²) in [6.07, 6.45) is 6.86. The Hall–Kier alpha value is -0.830. The van der Waals surface area contributed by atoms with E-state index in [0.717, 1.165) is 18.4 Å². The average Bonchev–Trinajstić information content (AvgIpc) is 2.34. The van der Waals surface area contributed by atoms with Crippen LogP contribution in [0.3, 0.4) is 0 Å². The second kappa shape index (κ2) is 5.51. The number of allylic oxidation sites excluding steroid dienone is 1. The van der Waals surface area contributed by atoms with E-state index in [0.29, 0.717) is 17.9 Å². The molecule has 20 heavy (non-hydrogen) atoms. The lowest BCUT2D eigenvalue weighted by molar-refractivity contribution is -0.145. The maximum absolute atomic E-state index is 11.2. The predicted octanol–water partition coefficient (Wildman–Crippen LogP) is 3.32. The zero-order chi connectivity index (χ0) is 15.0. The van der Waals surface area contributed by atoms with E-state index >= 15 is 0 Å². The molecule has 0 aromatic carbocycles. The highest BCUT2D eigenvalue weighted by atomic mass is 16.5. The molecule has 1 N–H and O–H groups in total. The number of rotatable bonds is 3. The normalized spacial score (nSPS) is 36.0. The molecule has 0 aromatic heterocycles. The van der Waals surface area contributed by atoms with Crippen LogP contribution in [-0.4, -0.2) is 24.3 Å². The van der Waals surface area contributed by atoms with Crippen LogP contribution >= 0.6 is 0 Å². The largest absolute Gasteiger partial charge is 0.465 e. The lowest BCUT2D eigenvalue weighted by atomic mass is 9.49. The van der Waals surface area contributed by atoms with Crippen molar-refractivity contribution in [1.82, 2.24) is 0 Å². The summed E-state index contributed by atoms with van der Waals surface area (Å²) in [6, 6.07) is 0. The first-order chi connectivity index (χ1) is 9.31. The van der Waals surface area contributed by atoms with E-state index in [9.17, 15) is 9.90 Å². The fraction of sp³-hybridized carbons (Fsp3) is 0.824. The third-order valence-electron chi connectivity index (χ3n) is 5.77. The summed E-state index contributed by atoms with van der Waals surface area (Å²) in [5, 5.41) is 9.65. The highest BCUT2D eigenvalue weighted by Crippen LogP contribution is 2.59. The highest BCUT2D eigenvalue weighted by Gasteiger charge is 2.52. The second-order valence-corrected chi connectivity index (χ2v) is 7.43. The van der Waals surface area contributed by atoms with Crippen LogP contribution in [0, 0.1) is 22.7 Å². The second-order valence-electron chi connectivity index (χ2n) is 7.43. The standard InChI is InChI=1S/C17H28O3/c1-12(19)20-11-14-13(10-18)6-7-15-16(2,3)8-5-9-17(14,15)4/h6,14-15,18H,5,7-11H2,1-4H3. The summed E-state index contributed by atoms with van der Waals surface area (Å²) in [4.78, 5) is 11.2. The maximum Gasteiger partial charge on any atom is 0.302 e. The monoisotopic (exact) mass is 280 g/mol. The number of aliphatic hydroxyl groups is 1. The number of carbonyl (C=O) groups is 1. The van der Waals surface area contributed by atoms with Gasteiger partial charge in [0.25, 0.3) is 0 Å². The molecule has 114 valence electrons. The van der Waals surface area contributed by atoms with Crippen LogP contribution in [0.2, 0.25) is 0 Å². The van der Waals surface area contributed by atoms with Crippen LogP contribution in [0.25, 0.3) is 0 Å². The number of ether oxygens (including phenoxy) is 1. The summed E-state index contributed by atoms with van der Waals surface area (Å²) in [6.45, 7) is 8.98. The minimum Gasteiger partial charge on any atom is -0.465 e. The van der Waals surface area contributed by atoms with E-state index in [1.54, 1.807) is 0 Å². The molecule has 0 spiro atoms. The molecule has 1 fully saturated rings. The van der Waals surface area contributed by atoms with Crippen molar-refractivity contribution in [2.45, 2.75) is 53.4 Å². The summed E-state index contributed by atoms with van der Waals surface area (Å²) < 4.78 is 5.30. The van der Waals surface area contributed by atoms with Gasteiger partial charge >= 0.3 is 5.97 Å². The van der Waals surface area contributed by atoms with Gasteiger partial charge in [-0.15, -0.1) is 0 Å². The van der Waals surface area contributed by atoms with Gasteiger partial charge in [0, 0.05) is 12.8 Å². The topological polar surface area (TPSA) is 46.5 Å². The molecule has 0 amide bonds. The molecule has 1 saturated carbocycles. The van der Waals surface area contributed by atoms with Gasteiger partial charge in [0.15, 0.2) is 0 Å². The Bertz CT molecular complexity index is 410. The number of fused-ring (bicyclic) bond motifs is 1. The van der Waals surface area contributed by atoms with E-state index in [4.69, 9.17) is 4.74 Å². The summed E-state index contributed by atoms with van der Waals surface area (Å²) >= 11 is 0. The van der Waals surface area contributed by atoms with Crippen molar-refractivity contribution in [1.29, 1.82) is 0 Å². The number of hydrogen-bond acceptors (Lipinski definition) is 3. The fourth-order valence-corrected chi connectivity index (χ4v) is 4.68. The van der Waals surface area contributed by atoms with Gasteiger partial charge in [-0.1, -0.05) is 33.3 Å². The van der Waals surface area contributed by atoms with Crippen molar-refractivity contribution in [3.8, 4) is 0 Å². The van der Waals surface area contributed by atoms with E-state index in [1.807, 2.05) is 0 Å². The van der Waals surface area contributed by atoms with Crippen LogP contribution < -0.4 is 0 Å². The van der Waals surface area contributed by atoms with Crippen LogP contribution in [0.15, 0.2) is 11.6 Å². The Morgan fingerprint density at radius 2 is 2.10 bits per heavy atom. The zero-order valence-electron chi connectivity index (χ0n) is 13.2. The van der Waals surface area contributed by atoms with Gasteiger partial charge in [0.1, 0.15) is 0 Å². The summed E-state index contributed by atoms with van der Waals surface area (Å²) in [5.74, 6) is 0.525. The van der Waals surface area contributed by atoms with E-state index in [2.05, 4.69) is 26.8 Å². The number of carbonyl (C=O) groups excluding carboxylic acids is 1. The third-order valence-corrected chi connectivity index (χ3v) is 5.77. The first kappa shape index (κ1) is 15.6. The van der Waals surface area contributed by atoms with Crippen LogP contribution in [-0.2, 0) is 9.53 Å². The maximum atomic E-state index is 11.2. The number of hydrogen-bond donors (Lipinski definition) is 1. The van der Waals surface area contributed by atoms with E-state index < -0.39 is 0 Å². The highest BCUT2D eigenvalue weighted by molar-refractivity contribution is 5.65. The van der Waals surface area contributed by atoms with Crippen molar-refractivity contribution in [2.24, 2.45) is 22.7 Å². The number of esters is 1. The van der Waals surface area contributed by atoms with Crippen molar-refractivity contribution in [3.05, 3.63) is 11.6 Å². The van der Waals surface area contributed by atoms with E-state index in [-0.39, 0.29) is 23.9 Å². The molecular formula is C17H28O3. The molecule has 0 aromatic rings. The van der Waals surface area contributed by atoms with Gasteiger partial charge in [0.2, 0.25) is 0 Å². The minimum atomic E-state index is -0.233. The van der Waals surface area contributed by atoms with Crippen molar-refractivity contribution in [2.75, 3.05) is 13.2 Å². The lowest BCUT2D eigenvalue weighted by Crippen LogP contribution is -2.50. The van der Waals surface area contributed by atoms with Crippen LogP contribution in [0.1, 0.15) is 53.4 Å². The van der Waals surface area contributed by atoms with Gasteiger partial charge in [-0.05, 0) is 41.6 Å². The molecule has 0 heterocycles. The van der Waals surface area contributed by atoms with Crippen molar-refractivity contribution < 1.29 is 14.6 Å². The third kappa shape index (κ3) is 2.65. The molecule has 2 aliphatic rings. The molecule has 0 bridgehead atoms. The summed E-state index contributed by atoms with van der Waals surface area (Å²) in [7, 11) is 0. The molecule has 3 unspecified atom stereocenters. The van der Waals surface area contributed by atoms with Crippen LogP contribution in [0.5, 0.6) is 0 Å². The fourth-order valence-electron chi connectivity index (χ4n) is 4.68. The van der Waals surface area contributed by atoms with Crippen molar-refractivity contribution in [3.63, 3.8) is 0 Å². The Morgan fingerprint density at radius 3 is 2.70 bits per heavy atom. The molecule has 3 atom stereocenters. The molecule has 0 saturated heterocycles. The van der Waals surface area contributed by atoms with E-state index in [1.165, 1.54) is 19.8 Å². The van der Waals surface area contributed by atoms with Crippen LogP contribution in [0.4, 0.5) is 0 Å². The molecule has 2 aliphatic carbocycles. The SMILES string of the molecule is CC(=O)OCC1C(CO)=CCC2C(C)(C)CCCC12C.